The standard InChI is InChI=1S/C15H17NO2/c1-11-5-6-12(10-16)9-15(11)18-8-7-13-3-2-4-14(13)17/h5-6,9,13H,2-4,7-8H2,1H3. The van der Waals surface area contributed by atoms with Gasteiger partial charge in [0.25, 0.3) is 0 Å². The Bertz CT molecular complexity index is 488. The minimum Gasteiger partial charge on any atom is -0.493 e. The number of hydrogen-bond acceptors (Lipinski definition) is 3. The highest BCUT2D eigenvalue weighted by molar-refractivity contribution is 5.82. The molecular weight excluding hydrogens is 226 g/mol. The van der Waals surface area contributed by atoms with E-state index in [9.17, 15) is 4.79 Å². The van der Waals surface area contributed by atoms with E-state index in [4.69, 9.17) is 10.00 Å². The van der Waals surface area contributed by atoms with Gasteiger partial charge in [0, 0.05) is 12.3 Å². The van der Waals surface area contributed by atoms with E-state index in [2.05, 4.69) is 6.07 Å². The predicted octanol–water partition coefficient (Wildman–Crippen LogP) is 3.00. The molecule has 1 aromatic carbocycles. The average Bonchev–Trinajstić information content (AvgIpc) is 2.77. The Kier molecular flexibility index (Phi) is 3.99. The molecule has 1 aliphatic rings. The fraction of sp³-hybridized carbons (Fsp3) is 0.467. The summed E-state index contributed by atoms with van der Waals surface area (Å²) in [4.78, 5) is 11.5. The average molecular weight is 243 g/mol. The first-order valence-electron chi connectivity index (χ1n) is 6.37. The molecule has 0 aromatic heterocycles. The number of nitrogens with zero attached hydrogens (tertiary/aromatic N) is 1. The third-order valence-electron chi connectivity index (χ3n) is 3.47. The summed E-state index contributed by atoms with van der Waals surface area (Å²) < 4.78 is 5.69. The van der Waals surface area contributed by atoms with Crippen molar-refractivity contribution in [2.75, 3.05) is 6.61 Å². The van der Waals surface area contributed by atoms with Crippen LogP contribution in [-0.4, -0.2) is 12.4 Å². The Morgan fingerprint density at radius 2 is 2.33 bits per heavy atom. The monoisotopic (exact) mass is 243 g/mol. The lowest BCUT2D eigenvalue weighted by Gasteiger charge is -2.11. The maximum atomic E-state index is 11.5. The predicted molar refractivity (Wildman–Crippen MR) is 68.4 cm³/mol. The van der Waals surface area contributed by atoms with Crippen LogP contribution in [0.1, 0.15) is 36.8 Å². The lowest BCUT2D eigenvalue weighted by atomic mass is 10.0. The zero-order chi connectivity index (χ0) is 13.0. The maximum absolute atomic E-state index is 11.5. The number of ketones is 1. The Morgan fingerprint density at radius 3 is 3.00 bits per heavy atom. The first-order chi connectivity index (χ1) is 8.70. The summed E-state index contributed by atoms with van der Waals surface area (Å²) in [5.74, 6) is 1.31. The van der Waals surface area contributed by atoms with Crippen molar-refractivity contribution in [2.24, 2.45) is 5.92 Å². The summed E-state index contributed by atoms with van der Waals surface area (Å²) in [5.41, 5.74) is 1.62. The molecule has 1 unspecified atom stereocenters. The van der Waals surface area contributed by atoms with Crippen LogP contribution in [0.25, 0.3) is 0 Å². The molecule has 0 amide bonds. The molecule has 3 nitrogen and oxygen atoms in total. The minimum atomic E-state index is 0.185. The van der Waals surface area contributed by atoms with Crippen LogP contribution in [0.3, 0.4) is 0 Å². The van der Waals surface area contributed by atoms with Gasteiger partial charge in [-0.25, -0.2) is 0 Å². The molecule has 1 atom stereocenters. The number of rotatable bonds is 4. The van der Waals surface area contributed by atoms with Crippen molar-refractivity contribution in [3.63, 3.8) is 0 Å². The first kappa shape index (κ1) is 12.6. The van der Waals surface area contributed by atoms with Crippen LogP contribution in [0, 0.1) is 24.2 Å². The third kappa shape index (κ3) is 2.89. The van der Waals surface area contributed by atoms with Gasteiger partial charge in [0.1, 0.15) is 11.5 Å². The minimum absolute atomic E-state index is 0.185. The van der Waals surface area contributed by atoms with E-state index in [-0.39, 0.29) is 5.92 Å². The van der Waals surface area contributed by atoms with Gasteiger partial charge in [0.2, 0.25) is 0 Å². The van der Waals surface area contributed by atoms with E-state index in [0.717, 1.165) is 37.0 Å². The molecule has 0 N–H and O–H groups in total. The summed E-state index contributed by atoms with van der Waals surface area (Å²) in [6.45, 7) is 2.50. The lowest BCUT2D eigenvalue weighted by Crippen LogP contribution is -2.11. The summed E-state index contributed by atoms with van der Waals surface area (Å²) in [6, 6.07) is 7.52. The second-order valence-electron chi connectivity index (χ2n) is 4.78. The molecule has 0 spiro atoms. The van der Waals surface area contributed by atoms with Crippen LogP contribution < -0.4 is 4.74 Å². The molecule has 3 heteroatoms. The fourth-order valence-corrected chi connectivity index (χ4v) is 2.33. The van der Waals surface area contributed by atoms with Gasteiger partial charge in [-0.15, -0.1) is 0 Å². The molecule has 1 aromatic rings. The van der Waals surface area contributed by atoms with Crippen LogP contribution in [-0.2, 0) is 4.79 Å². The van der Waals surface area contributed by atoms with Crippen LogP contribution in [0.4, 0.5) is 0 Å². The lowest BCUT2D eigenvalue weighted by molar-refractivity contribution is -0.121. The van der Waals surface area contributed by atoms with E-state index in [0.29, 0.717) is 18.0 Å². The summed E-state index contributed by atoms with van der Waals surface area (Å²) >= 11 is 0. The zero-order valence-electron chi connectivity index (χ0n) is 10.6. The van der Waals surface area contributed by atoms with Gasteiger partial charge in [-0.2, -0.15) is 5.26 Å². The molecule has 18 heavy (non-hydrogen) atoms. The second kappa shape index (κ2) is 5.68. The number of aryl methyl sites for hydroxylation is 1. The van der Waals surface area contributed by atoms with Gasteiger partial charge < -0.3 is 4.74 Å². The van der Waals surface area contributed by atoms with Gasteiger partial charge in [0.05, 0.1) is 18.2 Å². The van der Waals surface area contributed by atoms with Crippen molar-refractivity contribution in [1.82, 2.24) is 0 Å². The second-order valence-corrected chi connectivity index (χ2v) is 4.78. The fourth-order valence-electron chi connectivity index (χ4n) is 2.33. The Morgan fingerprint density at radius 1 is 1.50 bits per heavy atom. The van der Waals surface area contributed by atoms with E-state index >= 15 is 0 Å². The molecule has 94 valence electrons. The van der Waals surface area contributed by atoms with Crippen LogP contribution in [0.5, 0.6) is 5.75 Å². The normalized spacial score (nSPS) is 18.7. The highest BCUT2D eigenvalue weighted by Crippen LogP contribution is 2.25. The van der Waals surface area contributed by atoms with Crippen molar-refractivity contribution in [3.05, 3.63) is 29.3 Å². The highest BCUT2D eigenvalue weighted by atomic mass is 16.5. The number of hydrogen-bond donors (Lipinski definition) is 0. The Labute approximate surface area is 107 Å². The summed E-state index contributed by atoms with van der Waals surface area (Å²) in [7, 11) is 0. The molecule has 1 aliphatic carbocycles. The largest absolute Gasteiger partial charge is 0.493 e. The van der Waals surface area contributed by atoms with Crippen molar-refractivity contribution < 1.29 is 9.53 Å². The quantitative estimate of drug-likeness (QED) is 0.816. The molecule has 0 saturated heterocycles. The molecular formula is C15H17NO2. The molecule has 2 rings (SSSR count). The zero-order valence-corrected chi connectivity index (χ0v) is 10.6. The smallest absolute Gasteiger partial charge is 0.136 e. The number of Topliss-reactive ketones (excluding diaryl/α,β-unsaturated/α-hetero) is 1. The number of ether oxygens (including phenoxy) is 1. The van der Waals surface area contributed by atoms with Gasteiger partial charge >= 0.3 is 0 Å². The van der Waals surface area contributed by atoms with E-state index in [1.807, 2.05) is 13.0 Å². The number of nitriles is 1. The Hall–Kier alpha value is -1.82. The van der Waals surface area contributed by atoms with E-state index < -0.39 is 0 Å². The number of carbonyl (C=O) groups is 1. The number of benzene rings is 1. The number of carbonyl (C=O) groups excluding carboxylic acids is 1. The SMILES string of the molecule is Cc1ccc(C#N)cc1OCCC1CCCC1=O. The van der Waals surface area contributed by atoms with Crippen molar-refractivity contribution in [1.29, 1.82) is 5.26 Å². The van der Waals surface area contributed by atoms with E-state index in [1.54, 1.807) is 12.1 Å². The van der Waals surface area contributed by atoms with Gasteiger partial charge in [0.15, 0.2) is 0 Å². The van der Waals surface area contributed by atoms with Crippen LogP contribution >= 0.6 is 0 Å². The van der Waals surface area contributed by atoms with Gasteiger partial charge in [-0.05, 0) is 43.9 Å². The van der Waals surface area contributed by atoms with Crippen molar-refractivity contribution in [2.45, 2.75) is 32.6 Å². The molecule has 0 radical (unpaired) electrons. The van der Waals surface area contributed by atoms with E-state index in [1.165, 1.54) is 0 Å². The molecule has 1 fully saturated rings. The summed E-state index contributed by atoms with van der Waals surface area (Å²) in [6.07, 6.45) is 3.54. The first-order valence-corrected chi connectivity index (χ1v) is 6.37. The molecule has 1 saturated carbocycles. The van der Waals surface area contributed by atoms with Crippen molar-refractivity contribution >= 4 is 5.78 Å². The topological polar surface area (TPSA) is 50.1 Å². The van der Waals surface area contributed by atoms with Gasteiger partial charge in [-0.1, -0.05) is 6.07 Å². The molecule has 0 bridgehead atoms. The van der Waals surface area contributed by atoms with Crippen LogP contribution in [0.15, 0.2) is 18.2 Å². The Balaban J connectivity index is 1.90. The maximum Gasteiger partial charge on any atom is 0.136 e. The highest BCUT2D eigenvalue weighted by Gasteiger charge is 2.23. The van der Waals surface area contributed by atoms with Crippen LogP contribution in [0.2, 0.25) is 0 Å². The molecule has 0 aliphatic heterocycles. The molecule has 0 heterocycles. The summed E-state index contributed by atoms with van der Waals surface area (Å²) in [5, 5.41) is 8.84. The van der Waals surface area contributed by atoms with Gasteiger partial charge in [-0.3, -0.25) is 4.79 Å². The van der Waals surface area contributed by atoms with Crippen molar-refractivity contribution in [3.8, 4) is 11.8 Å². The third-order valence-corrected chi connectivity index (χ3v) is 3.47.